The fourth-order valence-electron chi connectivity index (χ4n) is 2.59. The lowest BCUT2D eigenvalue weighted by Gasteiger charge is -2.22. The number of anilines is 1. The Bertz CT molecular complexity index is 781. The highest BCUT2D eigenvalue weighted by Crippen LogP contribution is 2.22. The summed E-state index contributed by atoms with van der Waals surface area (Å²) < 4.78 is 43.0. The Labute approximate surface area is 146 Å². The highest BCUT2D eigenvalue weighted by Gasteiger charge is 2.38. The van der Waals surface area contributed by atoms with E-state index in [-0.39, 0.29) is 12.2 Å². The first-order valence-electron chi connectivity index (χ1n) is 7.84. The predicted octanol–water partition coefficient (Wildman–Crippen LogP) is 1.43. The summed E-state index contributed by atoms with van der Waals surface area (Å²) in [6.07, 6.45) is 0.791. The third-order valence-electron chi connectivity index (χ3n) is 4.00. The van der Waals surface area contributed by atoms with Gasteiger partial charge in [0.2, 0.25) is 10.0 Å². The van der Waals surface area contributed by atoms with Crippen molar-refractivity contribution < 1.29 is 27.1 Å². The molecule has 138 valence electrons. The van der Waals surface area contributed by atoms with Crippen molar-refractivity contribution in [2.45, 2.75) is 38.8 Å². The first kappa shape index (κ1) is 19.3. The van der Waals surface area contributed by atoms with Crippen LogP contribution in [0, 0.1) is 12.7 Å². The fourth-order valence-corrected chi connectivity index (χ4v) is 3.71. The Morgan fingerprint density at radius 2 is 2.08 bits per heavy atom. The van der Waals surface area contributed by atoms with E-state index in [0.717, 1.165) is 10.6 Å². The lowest BCUT2D eigenvalue weighted by molar-refractivity contribution is -0.156. The van der Waals surface area contributed by atoms with Crippen LogP contribution < -0.4 is 5.32 Å². The summed E-state index contributed by atoms with van der Waals surface area (Å²) in [6.45, 7) is 3.22. The zero-order valence-electron chi connectivity index (χ0n) is 14.3. The molecule has 0 bridgehead atoms. The van der Waals surface area contributed by atoms with Gasteiger partial charge in [0.15, 0.2) is 6.10 Å². The lowest BCUT2D eigenvalue weighted by Crippen LogP contribution is -2.43. The predicted molar refractivity (Wildman–Crippen MR) is 89.9 cm³/mol. The van der Waals surface area contributed by atoms with Crippen LogP contribution in [0.5, 0.6) is 0 Å². The Hall–Kier alpha value is -2.00. The molecule has 25 heavy (non-hydrogen) atoms. The molecule has 1 fully saturated rings. The quantitative estimate of drug-likeness (QED) is 0.790. The maximum absolute atomic E-state index is 13.5. The van der Waals surface area contributed by atoms with Crippen molar-refractivity contribution in [2.24, 2.45) is 0 Å². The van der Waals surface area contributed by atoms with Gasteiger partial charge in [-0.3, -0.25) is 9.59 Å². The summed E-state index contributed by atoms with van der Waals surface area (Å²) in [7, 11) is -3.52. The van der Waals surface area contributed by atoms with Crippen LogP contribution in [-0.4, -0.2) is 49.5 Å². The van der Waals surface area contributed by atoms with Crippen LogP contribution in [0.3, 0.4) is 0 Å². The number of ether oxygens (including phenoxy) is 1. The number of esters is 1. The molecule has 1 aromatic rings. The van der Waals surface area contributed by atoms with E-state index in [1.54, 1.807) is 6.92 Å². The molecule has 1 aromatic carbocycles. The van der Waals surface area contributed by atoms with Gasteiger partial charge >= 0.3 is 5.97 Å². The molecule has 7 nitrogen and oxygen atoms in total. The molecular weight excluding hydrogens is 351 g/mol. The summed E-state index contributed by atoms with van der Waals surface area (Å²) in [5.41, 5.74) is 0.689. The molecule has 1 saturated heterocycles. The van der Waals surface area contributed by atoms with Gasteiger partial charge in [0.05, 0.1) is 6.26 Å². The summed E-state index contributed by atoms with van der Waals surface area (Å²) in [5, 5.41) is 2.46. The van der Waals surface area contributed by atoms with Crippen LogP contribution in [0.4, 0.5) is 10.1 Å². The molecule has 0 aromatic heterocycles. The van der Waals surface area contributed by atoms with Gasteiger partial charge in [-0.25, -0.2) is 12.8 Å². The van der Waals surface area contributed by atoms with Crippen molar-refractivity contribution >= 4 is 27.6 Å². The molecule has 0 spiro atoms. The topological polar surface area (TPSA) is 92.8 Å². The van der Waals surface area contributed by atoms with Crippen molar-refractivity contribution in [3.05, 3.63) is 29.6 Å². The van der Waals surface area contributed by atoms with Gasteiger partial charge < -0.3 is 10.1 Å². The standard InChI is InChI=1S/C16H21FN2O5S/c1-10-6-7-12(9-13(10)17)18-15(20)11(2)24-16(21)14-5-4-8-19(14)25(3,22)23/h6-7,9,11,14H,4-5,8H2,1-3H3,(H,18,20)/t11-,14+/m1/s1. The molecule has 1 aliphatic heterocycles. The second-order valence-electron chi connectivity index (χ2n) is 6.06. The van der Waals surface area contributed by atoms with E-state index in [0.29, 0.717) is 18.4 Å². The Kier molecular flexibility index (Phi) is 5.79. The number of nitrogens with one attached hydrogen (secondary N) is 1. The van der Waals surface area contributed by atoms with Crippen molar-refractivity contribution in [1.82, 2.24) is 4.31 Å². The Balaban J connectivity index is 1.98. The molecule has 1 heterocycles. The number of amides is 1. The molecule has 2 atom stereocenters. The number of nitrogens with zero attached hydrogens (tertiary/aromatic N) is 1. The van der Waals surface area contributed by atoms with Gasteiger partial charge in [0.25, 0.3) is 5.91 Å². The van der Waals surface area contributed by atoms with Crippen LogP contribution in [0.15, 0.2) is 18.2 Å². The lowest BCUT2D eigenvalue weighted by atomic mass is 10.2. The van der Waals surface area contributed by atoms with Crippen molar-refractivity contribution in [2.75, 3.05) is 18.1 Å². The van der Waals surface area contributed by atoms with Crippen LogP contribution >= 0.6 is 0 Å². The molecular formula is C16H21FN2O5S. The fraction of sp³-hybridized carbons (Fsp3) is 0.500. The normalized spacial score (nSPS) is 19.4. The number of hydrogen-bond acceptors (Lipinski definition) is 5. The van der Waals surface area contributed by atoms with Crippen LogP contribution in [0.2, 0.25) is 0 Å². The van der Waals surface area contributed by atoms with E-state index in [1.807, 2.05) is 0 Å². The van der Waals surface area contributed by atoms with E-state index in [1.165, 1.54) is 25.1 Å². The smallest absolute Gasteiger partial charge is 0.325 e. The van der Waals surface area contributed by atoms with Gasteiger partial charge in [-0.15, -0.1) is 0 Å². The maximum atomic E-state index is 13.5. The number of carbonyl (C=O) groups excluding carboxylic acids is 2. The zero-order chi connectivity index (χ0) is 18.8. The van der Waals surface area contributed by atoms with E-state index < -0.39 is 39.9 Å². The van der Waals surface area contributed by atoms with Gasteiger partial charge in [-0.1, -0.05) is 6.07 Å². The first-order valence-corrected chi connectivity index (χ1v) is 9.68. The highest BCUT2D eigenvalue weighted by molar-refractivity contribution is 7.88. The molecule has 0 radical (unpaired) electrons. The minimum Gasteiger partial charge on any atom is -0.451 e. The average Bonchev–Trinajstić information content (AvgIpc) is 3.00. The molecule has 1 aliphatic rings. The van der Waals surface area contributed by atoms with E-state index in [4.69, 9.17) is 4.74 Å². The van der Waals surface area contributed by atoms with E-state index >= 15 is 0 Å². The summed E-state index contributed by atoms with van der Waals surface area (Å²) >= 11 is 0. The number of sulfonamides is 1. The molecule has 1 amide bonds. The molecule has 0 unspecified atom stereocenters. The number of halogens is 1. The van der Waals surface area contributed by atoms with Crippen molar-refractivity contribution in [3.63, 3.8) is 0 Å². The summed E-state index contributed by atoms with van der Waals surface area (Å²) in [6, 6.07) is 3.31. The number of hydrogen-bond donors (Lipinski definition) is 1. The van der Waals surface area contributed by atoms with E-state index in [9.17, 15) is 22.4 Å². The number of rotatable bonds is 5. The molecule has 0 aliphatic carbocycles. The zero-order valence-corrected chi connectivity index (χ0v) is 15.1. The summed E-state index contributed by atoms with van der Waals surface area (Å²) in [5.74, 6) is -1.85. The van der Waals surface area contributed by atoms with Gasteiger partial charge in [0.1, 0.15) is 11.9 Å². The molecule has 2 rings (SSSR count). The minimum absolute atomic E-state index is 0.245. The van der Waals surface area contributed by atoms with Gasteiger partial charge in [0, 0.05) is 12.2 Å². The Morgan fingerprint density at radius 1 is 1.40 bits per heavy atom. The average molecular weight is 372 g/mol. The maximum Gasteiger partial charge on any atom is 0.325 e. The van der Waals surface area contributed by atoms with Gasteiger partial charge in [-0.2, -0.15) is 4.31 Å². The summed E-state index contributed by atoms with van der Waals surface area (Å²) in [4.78, 5) is 24.3. The van der Waals surface area contributed by atoms with Crippen LogP contribution in [0.1, 0.15) is 25.3 Å². The second-order valence-corrected chi connectivity index (χ2v) is 8.00. The van der Waals surface area contributed by atoms with E-state index in [2.05, 4.69) is 5.32 Å². The number of aryl methyl sites for hydroxylation is 1. The van der Waals surface area contributed by atoms with Crippen LogP contribution in [0.25, 0.3) is 0 Å². The monoisotopic (exact) mass is 372 g/mol. The SMILES string of the molecule is Cc1ccc(NC(=O)[C@@H](C)OC(=O)[C@@H]2CCCN2S(C)(=O)=O)cc1F. The second kappa shape index (κ2) is 7.49. The number of benzene rings is 1. The number of carbonyl (C=O) groups is 2. The molecule has 0 saturated carbocycles. The van der Waals surface area contributed by atoms with Crippen molar-refractivity contribution in [1.29, 1.82) is 0 Å². The molecule has 9 heteroatoms. The molecule has 1 N–H and O–H groups in total. The third kappa shape index (κ3) is 4.76. The largest absolute Gasteiger partial charge is 0.451 e. The van der Waals surface area contributed by atoms with Crippen molar-refractivity contribution in [3.8, 4) is 0 Å². The Morgan fingerprint density at radius 3 is 2.68 bits per heavy atom. The first-order chi connectivity index (χ1) is 11.6. The van der Waals surface area contributed by atoms with Gasteiger partial charge in [-0.05, 0) is 44.4 Å². The third-order valence-corrected chi connectivity index (χ3v) is 5.29. The minimum atomic E-state index is -3.52. The van der Waals surface area contributed by atoms with Crippen LogP contribution in [-0.2, 0) is 24.3 Å². The highest BCUT2D eigenvalue weighted by atomic mass is 32.2.